The molecule has 0 saturated carbocycles. The van der Waals surface area contributed by atoms with Crippen molar-refractivity contribution in [2.45, 2.75) is 31.9 Å². The zero-order chi connectivity index (χ0) is 20.1. The molecule has 1 aliphatic rings. The van der Waals surface area contributed by atoms with Gasteiger partial charge in [0.1, 0.15) is 12.4 Å². The van der Waals surface area contributed by atoms with Gasteiger partial charge in [0.2, 0.25) is 0 Å². The summed E-state index contributed by atoms with van der Waals surface area (Å²) < 4.78 is 13.3. The lowest BCUT2D eigenvalue weighted by atomic mass is 10.1. The second kappa shape index (κ2) is 8.92. The number of nitrogens with one attached hydrogen (secondary N) is 1. The molecule has 1 aromatic heterocycles. The molecule has 1 fully saturated rings. The van der Waals surface area contributed by atoms with Gasteiger partial charge in [-0.2, -0.15) is 0 Å². The van der Waals surface area contributed by atoms with Crippen molar-refractivity contribution in [3.63, 3.8) is 0 Å². The molecule has 0 unspecified atom stereocenters. The number of hydrogen-bond acceptors (Lipinski definition) is 4. The lowest BCUT2D eigenvalue weighted by Gasteiger charge is -2.15. The van der Waals surface area contributed by atoms with Crippen LogP contribution in [0.2, 0.25) is 0 Å². The number of hydrogen-bond donors (Lipinski definition) is 1. The molecule has 6 heteroatoms. The van der Waals surface area contributed by atoms with Crippen LogP contribution < -0.4 is 10.1 Å². The van der Waals surface area contributed by atoms with Crippen LogP contribution >= 0.6 is 0 Å². The van der Waals surface area contributed by atoms with Gasteiger partial charge in [-0.1, -0.05) is 12.1 Å². The van der Waals surface area contributed by atoms with Crippen molar-refractivity contribution in [1.82, 2.24) is 14.9 Å². The van der Waals surface area contributed by atoms with Crippen LogP contribution in [-0.2, 0) is 4.74 Å². The van der Waals surface area contributed by atoms with Gasteiger partial charge in [0, 0.05) is 30.3 Å². The number of carbonyl (C=O) groups excluding carboxylic acids is 1. The SMILES string of the molecule is C[C@H](NC(=O)c1ccc(OC[C@@H]2CCCO2)cc1)c1ccc(-n2ccnc2)cc1. The number of ether oxygens (including phenoxy) is 2. The molecule has 1 N–H and O–H groups in total. The molecule has 150 valence electrons. The Hall–Kier alpha value is -3.12. The van der Waals surface area contributed by atoms with E-state index in [1.54, 1.807) is 24.7 Å². The van der Waals surface area contributed by atoms with Crippen LogP contribution in [-0.4, -0.2) is 34.8 Å². The van der Waals surface area contributed by atoms with E-state index in [-0.39, 0.29) is 18.1 Å². The van der Waals surface area contributed by atoms with Crippen molar-refractivity contribution in [1.29, 1.82) is 0 Å². The average molecular weight is 391 g/mol. The number of aromatic nitrogens is 2. The Morgan fingerprint density at radius 1 is 1.24 bits per heavy atom. The summed E-state index contributed by atoms with van der Waals surface area (Å²) in [6.07, 6.45) is 7.72. The second-order valence-corrected chi connectivity index (χ2v) is 7.23. The zero-order valence-electron chi connectivity index (χ0n) is 16.5. The van der Waals surface area contributed by atoms with E-state index in [4.69, 9.17) is 9.47 Å². The number of amides is 1. The minimum absolute atomic E-state index is 0.102. The molecule has 1 saturated heterocycles. The third kappa shape index (κ3) is 4.84. The molecular formula is C23H25N3O3. The van der Waals surface area contributed by atoms with Crippen molar-refractivity contribution >= 4 is 5.91 Å². The van der Waals surface area contributed by atoms with E-state index in [1.165, 1.54) is 0 Å². The second-order valence-electron chi connectivity index (χ2n) is 7.23. The number of carbonyl (C=O) groups is 1. The monoisotopic (exact) mass is 391 g/mol. The van der Waals surface area contributed by atoms with Crippen LogP contribution in [0.25, 0.3) is 5.69 Å². The Balaban J connectivity index is 1.32. The van der Waals surface area contributed by atoms with Crippen LogP contribution in [0.15, 0.2) is 67.3 Å². The lowest BCUT2D eigenvalue weighted by Crippen LogP contribution is -2.26. The highest BCUT2D eigenvalue weighted by atomic mass is 16.5. The molecular weight excluding hydrogens is 366 g/mol. The van der Waals surface area contributed by atoms with E-state index in [0.717, 1.165) is 36.4 Å². The predicted molar refractivity (Wildman–Crippen MR) is 110 cm³/mol. The maximum absolute atomic E-state index is 12.6. The van der Waals surface area contributed by atoms with Gasteiger partial charge >= 0.3 is 0 Å². The van der Waals surface area contributed by atoms with Crippen molar-refractivity contribution in [2.75, 3.05) is 13.2 Å². The fraction of sp³-hybridized carbons (Fsp3) is 0.304. The van der Waals surface area contributed by atoms with Gasteiger partial charge in [-0.25, -0.2) is 4.98 Å². The number of nitrogens with zero attached hydrogens (tertiary/aromatic N) is 2. The van der Waals surface area contributed by atoms with E-state index in [0.29, 0.717) is 12.2 Å². The van der Waals surface area contributed by atoms with Crippen LogP contribution in [0.1, 0.15) is 41.7 Å². The van der Waals surface area contributed by atoms with Gasteiger partial charge in [-0.15, -0.1) is 0 Å². The summed E-state index contributed by atoms with van der Waals surface area (Å²) in [4.78, 5) is 16.6. The van der Waals surface area contributed by atoms with Crippen LogP contribution in [0.4, 0.5) is 0 Å². The summed E-state index contributed by atoms with van der Waals surface area (Å²) in [5.74, 6) is 0.641. The minimum Gasteiger partial charge on any atom is -0.491 e. The molecule has 0 radical (unpaired) electrons. The summed E-state index contributed by atoms with van der Waals surface area (Å²) in [6.45, 7) is 3.35. The topological polar surface area (TPSA) is 65.4 Å². The van der Waals surface area contributed by atoms with Gasteiger partial charge in [0.15, 0.2) is 0 Å². The average Bonchev–Trinajstić information content (AvgIpc) is 3.47. The molecule has 6 nitrogen and oxygen atoms in total. The van der Waals surface area contributed by atoms with Gasteiger partial charge in [-0.3, -0.25) is 4.79 Å². The first-order chi connectivity index (χ1) is 14.2. The van der Waals surface area contributed by atoms with E-state index in [9.17, 15) is 4.79 Å². The van der Waals surface area contributed by atoms with Gasteiger partial charge in [0.25, 0.3) is 5.91 Å². The van der Waals surface area contributed by atoms with Gasteiger partial charge in [-0.05, 0) is 61.7 Å². The Morgan fingerprint density at radius 3 is 2.69 bits per heavy atom. The molecule has 1 aliphatic heterocycles. The van der Waals surface area contributed by atoms with E-state index in [1.807, 2.05) is 54.1 Å². The molecule has 4 rings (SSSR count). The fourth-order valence-corrected chi connectivity index (χ4v) is 3.38. The third-order valence-electron chi connectivity index (χ3n) is 5.12. The van der Waals surface area contributed by atoms with Crippen LogP contribution in [0, 0.1) is 0 Å². The number of benzene rings is 2. The van der Waals surface area contributed by atoms with E-state index >= 15 is 0 Å². The largest absolute Gasteiger partial charge is 0.491 e. The van der Waals surface area contributed by atoms with Gasteiger partial charge in [0.05, 0.1) is 18.5 Å². The number of rotatable bonds is 7. The smallest absolute Gasteiger partial charge is 0.251 e. The fourth-order valence-electron chi connectivity index (χ4n) is 3.38. The quantitative estimate of drug-likeness (QED) is 0.663. The summed E-state index contributed by atoms with van der Waals surface area (Å²) in [7, 11) is 0. The summed E-state index contributed by atoms with van der Waals surface area (Å²) >= 11 is 0. The first-order valence-corrected chi connectivity index (χ1v) is 9.92. The predicted octanol–water partition coefficient (Wildman–Crippen LogP) is 3.92. The summed E-state index contributed by atoms with van der Waals surface area (Å²) in [6, 6.07) is 15.2. The minimum atomic E-state index is -0.109. The van der Waals surface area contributed by atoms with Crippen molar-refractivity contribution < 1.29 is 14.3 Å². The molecule has 1 amide bonds. The van der Waals surface area contributed by atoms with Crippen LogP contribution in [0.5, 0.6) is 5.75 Å². The standard InChI is InChI=1S/C23H25N3O3/c1-17(18-4-8-20(9-5-18)26-13-12-24-16-26)25-23(27)19-6-10-21(11-7-19)29-15-22-3-2-14-28-22/h4-13,16-17,22H,2-3,14-15H2,1H3,(H,25,27)/t17-,22-/m0/s1. The molecule has 0 aliphatic carbocycles. The van der Waals surface area contributed by atoms with Crippen LogP contribution in [0.3, 0.4) is 0 Å². The van der Waals surface area contributed by atoms with Gasteiger partial charge < -0.3 is 19.4 Å². The van der Waals surface area contributed by atoms with Crippen molar-refractivity contribution in [3.8, 4) is 11.4 Å². The molecule has 2 heterocycles. The molecule has 2 atom stereocenters. The summed E-state index contributed by atoms with van der Waals surface area (Å²) in [5.41, 5.74) is 2.68. The zero-order valence-corrected chi connectivity index (χ0v) is 16.5. The molecule has 29 heavy (non-hydrogen) atoms. The molecule has 2 aromatic carbocycles. The molecule has 0 spiro atoms. The third-order valence-corrected chi connectivity index (χ3v) is 5.12. The Bertz CT molecular complexity index is 915. The van der Waals surface area contributed by atoms with E-state index < -0.39 is 0 Å². The first kappa shape index (κ1) is 19.2. The maximum Gasteiger partial charge on any atom is 0.251 e. The normalized spacial score (nSPS) is 17.1. The Morgan fingerprint density at radius 2 is 2.03 bits per heavy atom. The highest BCUT2D eigenvalue weighted by Crippen LogP contribution is 2.19. The Kier molecular flexibility index (Phi) is 5.91. The highest BCUT2D eigenvalue weighted by Gasteiger charge is 2.16. The molecule has 0 bridgehead atoms. The lowest BCUT2D eigenvalue weighted by molar-refractivity contribution is 0.0679. The Labute approximate surface area is 170 Å². The highest BCUT2D eigenvalue weighted by molar-refractivity contribution is 5.94. The maximum atomic E-state index is 12.6. The summed E-state index contributed by atoms with van der Waals surface area (Å²) in [5, 5.41) is 3.04. The van der Waals surface area contributed by atoms with Crippen molar-refractivity contribution in [3.05, 3.63) is 78.4 Å². The first-order valence-electron chi connectivity index (χ1n) is 9.92. The van der Waals surface area contributed by atoms with E-state index in [2.05, 4.69) is 10.3 Å². The van der Waals surface area contributed by atoms with Crippen molar-refractivity contribution in [2.24, 2.45) is 0 Å². The molecule has 3 aromatic rings. The number of imidazole rings is 1.